The second-order valence-electron chi connectivity index (χ2n) is 5.97. The topological polar surface area (TPSA) is 37.4 Å². The lowest BCUT2D eigenvalue weighted by Gasteiger charge is -2.38. The van der Waals surface area contributed by atoms with Crippen molar-refractivity contribution in [3.05, 3.63) is 29.8 Å². The van der Waals surface area contributed by atoms with Gasteiger partial charge in [-0.15, -0.1) is 11.8 Å². The van der Waals surface area contributed by atoms with Gasteiger partial charge >= 0.3 is 0 Å². The van der Waals surface area contributed by atoms with Gasteiger partial charge in [0, 0.05) is 40.3 Å². The summed E-state index contributed by atoms with van der Waals surface area (Å²) in [7, 11) is -0.834. The molecule has 0 spiro atoms. The zero-order valence-electron chi connectivity index (χ0n) is 11.8. The zero-order chi connectivity index (χ0) is 14.3. The molecule has 0 N–H and O–H groups in total. The normalized spacial score (nSPS) is 28.2. The molecule has 1 fully saturated rings. The summed E-state index contributed by atoms with van der Waals surface area (Å²) < 4.78 is 11.7. The smallest absolute Gasteiger partial charge is 0.231 e. The number of thioether (sulfide) groups is 1. The molecule has 1 saturated heterocycles. The van der Waals surface area contributed by atoms with Crippen LogP contribution in [0.25, 0.3) is 0 Å². The number of carbonyl (C=O) groups excluding carboxylic acids is 1. The molecule has 0 aliphatic carbocycles. The van der Waals surface area contributed by atoms with Crippen molar-refractivity contribution in [2.24, 2.45) is 0 Å². The van der Waals surface area contributed by atoms with Crippen molar-refractivity contribution in [2.45, 2.75) is 29.4 Å². The Balaban J connectivity index is 1.79. The monoisotopic (exact) mass is 309 g/mol. The average molecular weight is 309 g/mol. The van der Waals surface area contributed by atoms with Crippen molar-refractivity contribution in [3.63, 3.8) is 0 Å². The van der Waals surface area contributed by atoms with Crippen LogP contribution in [0.1, 0.15) is 25.3 Å². The van der Waals surface area contributed by atoms with E-state index in [9.17, 15) is 9.00 Å². The summed E-state index contributed by atoms with van der Waals surface area (Å²) in [6.07, 6.45) is 0. The van der Waals surface area contributed by atoms with Gasteiger partial charge < -0.3 is 4.90 Å². The van der Waals surface area contributed by atoms with Gasteiger partial charge in [0.05, 0.1) is 10.7 Å². The number of rotatable bonds is 1. The minimum Gasteiger partial charge on any atom is -0.340 e. The lowest BCUT2D eigenvalue weighted by molar-refractivity contribution is -0.132. The fourth-order valence-corrected chi connectivity index (χ4v) is 5.31. The number of hydrogen-bond acceptors (Lipinski definition) is 3. The van der Waals surface area contributed by atoms with Crippen LogP contribution < -0.4 is 0 Å². The molecule has 20 heavy (non-hydrogen) atoms. The molecule has 0 unspecified atom stereocenters. The van der Waals surface area contributed by atoms with Crippen molar-refractivity contribution in [1.82, 2.24) is 4.90 Å². The van der Waals surface area contributed by atoms with Crippen LogP contribution in [0.5, 0.6) is 0 Å². The van der Waals surface area contributed by atoms with E-state index < -0.39 is 10.8 Å². The van der Waals surface area contributed by atoms with Crippen molar-refractivity contribution in [1.29, 1.82) is 0 Å². The lowest BCUT2D eigenvalue weighted by atomic mass is 9.99. The molecule has 2 aliphatic heterocycles. The van der Waals surface area contributed by atoms with Gasteiger partial charge in [-0.25, -0.2) is 0 Å². The van der Waals surface area contributed by atoms with Gasteiger partial charge in [-0.3, -0.25) is 9.00 Å². The predicted molar refractivity (Wildman–Crippen MR) is 83.6 cm³/mol. The first kappa shape index (κ1) is 14.1. The number of benzene rings is 1. The fraction of sp³-hybridized carbons (Fsp3) is 0.533. The zero-order valence-corrected chi connectivity index (χ0v) is 13.4. The molecular weight excluding hydrogens is 290 g/mol. The van der Waals surface area contributed by atoms with E-state index in [2.05, 4.69) is 12.1 Å². The molecule has 108 valence electrons. The van der Waals surface area contributed by atoms with Gasteiger partial charge in [-0.2, -0.15) is 0 Å². The first-order chi connectivity index (χ1) is 9.49. The minimum absolute atomic E-state index is 0.0291. The predicted octanol–water partition coefficient (Wildman–Crippen LogP) is 2.25. The molecule has 1 aromatic carbocycles. The van der Waals surface area contributed by atoms with Gasteiger partial charge in [0.15, 0.2) is 0 Å². The summed E-state index contributed by atoms with van der Waals surface area (Å²) in [5, 5.41) is 0. The van der Waals surface area contributed by atoms with E-state index in [-0.39, 0.29) is 16.6 Å². The lowest BCUT2D eigenvalue weighted by Crippen LogP contribution is -2.53. The Morgan fingerprint density at radius 3 is 2.90 bits per heavy atom. The van der Waals surface area contributed by atoms with Gasteiger partial charge in [-0.05, 0) is 25.5 Å². The van der Waals surface area contributed by atoms with Crippen LogP contribution in [0.15, 0.2) is 29.2 Å². The van der Waals surface area contributed by atoms with Crippen molar-refractivity contribution >= 4 is 28.5 Å². The van der Waals surface area contributed by atoms with Crippen LogP contribution in [0.3, 0.4) is 0 Å². The summed E-state index contributed by atoms with van der Waals surface area (Å²) in [6, 6.07) is 8.17. The van der Waals surface area contributed by atoms with Crippen LogP contribution >= 0.6 is 11.8 Å². The molecule has 0 radical (unpaired) electrons. The van der Waals surface area contributed by atoms with E-state index in [1.54, 1.807) is 11.8 Å². The second-order valence-corrected chi connectivity index (χ2v) is 9.24. The highest BCUT2D eigenvalue weighted by molar-refractivity contribution is 7.99. The van der Waals surface area contributed by atoms with Crippen molar-refractivity contribution in [2.75, 3.05) is 24.6 Å². The first-order valence-electron chi connectivity index (χ1n) is 6.88. The molecule has 5 heteroatoms. The Labute approximate surface area is 126 Å². The molecule has 1 aromatic rings. The molecule has 1 amide bonds. The van der Waals surface area contributed by atoms with E-state index in [1.807, 2.05) is 30.9 Å². The van der Waals surface area contributed by atoms with Gasteiger partial charge in [0.25, 0.3) is 0 Å². The first-order valence-corrected chi connectivity index (χ1v) is 9.18. The Kier molecular flexibility index (Phi) is 3.67. The number of amides is 1. The van der Waals surface area contributed by atoms with Crippen LogP contribution in [0, 0.1) is 0 Å². The third-order valence-electron chi connectivity index (χ3n) is 4.04. The highest BCUT2D eigenvalue weighted by Crippen LogP contribution is 2.40. The van der Waals surface area contributed by atoms with Crippen LogP contribution in [-0.2, 0) is 15.6 Å². The van der Waals surface area contributed by atoms with Crippen molar-refractivity contribution in [3.8, 4) is 0 Å². The molecule has 3 nitrogen and oxygen atoms in total. The maximum absolute atomic E-state index is 12.8. The molecule has 0 aromatic heterocycles. The van der Waals surface area contributed by atoms with E-state index in [0.717, 1.165) is 11.3 Å². The second kappa shape index (κ2) is 5.19. The van der Waals surface area contributed by atoms with Crippen LogP contribution in [0.4, 0.5) is 0 Å². The SMILES string of the molecule is CC1(C)CN(C(=O)[C@H]2CSc3ccccc32)CC[S@@]1=O. The number of nitrogens with zero attached hydrogens (tertiary/aromatic N) is 1. The quantitative estimate of drug-likeness (QED) is 0.798. The average Bonchev–Trinajstić information content (AvgIpc) is 2.85. The molecule has 0 bridgehead atoms. The van der Waals surface area contributed by atoms with Crippen LogP contribution in [-0.4, -0.2) is 44.4 Å². The molecular formula is C15H19NO2S2. The fourth-order valence-electron chi connectivity index (χ4n) is 2.86. The summed E-state index contributed by atoms with van der Waals surface area (Å²) in [5.41, 5.74) is 1.16. The molecule has 2 aliphatic rings. The third-order valence-corrected chi connectivity index (χ3v) is 7.14. The number of hydrogen-bond donors (Lipinski definition) is 0. The van der Waals surface area contributed by atoms with Crippen molar-refractivity contribution < 1.29 is 9.00 Å². The van der Waals surface area contributed by atoms with E-state index in [4.69, 9.17) is 0 Å². The highest BCUT2D eigenvalue weighted by Gasteiger charge is 2.39. The Bertz CT molecular complexity index is 571. The molecule has 2 atom stereocenters. The standard InChI is InChI=1S/C15H19NO2S2/c1-15(2)10-16(7-8-20(15)18)14(17)12-9-19-13-6-4-3-5-11(12)13/h3-6,12H,7-10H2,1-2H3/t12-,20-/m0/s1. The number of carbonyl (C=O) groups is 1. The van der Waals surface area contributed by atoms with E-state index in [1.165, 1.54) is 4.90 Å². The Hall–Kier alpha value is -0.810. The molecule has 3 rings (SSSR count). The summed E-state index contributed by atoms with van der Waals surface area (Å²) in [5.74, 6) is 1.60. The van der Waals surface area contributed by atoms with E-state index in [0.29, 0.717) is 18.8 Å². The van der Waals surface area contributed by atoms with E-state index >= 15 is 0 Å². The van der Waals surface area contributed by atoms with Gasteiger partial charge in [0.1, 0.15) is 0 Å². The summed E-state index contributed by atoms with van der Waals surface area (Å²) >= 11 is 1.76. The minimum atomic E-state index is -0.834. The van der Waals surface area contributed by atoms with Gasteiger partial charge in [-0.1, -0.05) is 18.2 Å². The maximum Gasteiger partial charge on any atom is 0.231 e. The maximum atomic E-state index is 12.8. The molecule has 2 heterocycles. The molecule has 0 saturated carbocycles. The van der Waals surface area contributed by atoms with Crippen LogP contribution in [0.2, 0.25) is 0 Å². The van der Waals surface area contributed by atoms with Gasteiger partial charge in [0.2, 0.25) is 5.91 Å². The Morgan fingerprint density at radius 2 is 2.15 bits per heavy atom. The Morgan fingerprint density at radius 1 is 1.40 bits per heavy atom. The number of fused-ring (bicyclic) bond motifs is 1. The summed E-state index contributed by atoms with van der Waals surface area (Å²) in [4.78, 5) is 15.9. The third kappa shape index (κ3) is 2.42. The summed E-state index contributed by atoms with van der Waals surface area (Å²) in [6.45, 7) is 5.19. The largest absolute Gasteiger partial charge is 0.340 e. The highest BCUT2D eigenvalue weighted by atomic mass is 32.2.